The molecule has 1 fully saturated rings. The molecule has 154 valence electrons. The Kier molecular flexibility index (Phi) is 6.10. The Morgan fingerprint density at radius 3 is 2.52 bits per heavy atom. The van der Waals surface area contributed by atoms with Crippen molar-refractivity contribution in [2.75, 3.05) is 17.2 Å². The van der Waals surface area contributed by atoms with Gasteiger partial charge in [-0.05, 0) is 55.7 Å². The van der Waals surface area contributed by atoms with E-state index in [0.29, 0.717) is 18.7 Å². The van der Waals surface area contributed by atoms with E-state index in [1.54, 1.807) is 12.1 Å². The van der Waals surface area contributed by atoms with Crippen LogP contribution in [0.5, 0.6) is 5.75 Å². The number of rotatable bonds is 7. The molecule has 0 bridgehead atoms. The van der Waals surface area contributed by atoms with E-state index in [-0.39, 0.29) is 28.8 Å². The third kappa shape index (κ3) is 5.49. The van der Waals surface area contributed by atoms with Gasteiger partial charge in [0.15, 0.2) is 0 Å². The monoisotopic (exact) mass is 406 g/mol. The summed E-state index contributed by atoms with van der Waals surface area (Å²) in [5.74, 6) is -0.536. The number of alkyl halides is 3. The Labute approximate surface area is 166 Å². The molecule has 0 atom stereocenters. The predicted octanol–water partition coefficient (Wildman–Crippen LogP) is 5.10. The molecule has 0 spiro atoms. The molecule has 3 rings (SSSR count). The molecule has 29 heavy (non-hydrogen) atoms. The fourth-order valence-electron chi connectivity index (χ4n) is 2.66. The zero-order chi connectivity index (χ0) is 21.0. The van der Waals surface area contributed by atoms with Gasteiger partial charge < -0.3 is 15.4 Å². The molecule has 1 aliphatic rings. The van der Waals surface area contributed by atoms with Crippen LogP contribution in [0.15, 0.2) is 42.5 Å². The molecule has 8 heteroatoms. The Balaban J connectivity index is 1.80. The summed E-state index contributed by atoms with van der Waals surface area (Å²) in [5.41, 5.74) is -0.286. The van der Waals surface area contributed by atoms with Crippen molar-refractivity contribution in [2.24, 2.45) is 5.92 Å². The normalized spacial score (nSPS) is 13.7. The highest BCUT2D eigenvalue weighted by atomic mass is 19.4. The van der Waals surface area contributed by atoms with Crippen LogP contribution in [0.4, 0.5) is 24.5 Å². The number of ether oxygens (including phenoxy) is 1. The summed E-state index contributed by atoms with van der Waals surface area (Å²) in [6, 6.07) is 9.20. The maximum absolute atomic E-state index is 13.1. The van der Waals surface area contributed by atoms with Crippen molar-refractivity contribution >= 4 is 23.2 Å². The van der Waals surface area contributed by atoms with Gasteiger partial charge in [0, 0.05) is 17.2 Å². The second kappa shape index (κ2) is 8.55. The molecule has 2 amide bonds. The number of anilines is 2. The summed E-state index contributed by atoms with van der Waals surface area (Å²) in [6.07, 6.45) is -2.18. The fourth-order valence-corrected chi connectivity index (χ4v) is 2.66. The van der Waals surface area contributed by atoms with E-state index in [1.807, 2.05) is 6.92 Å². The fraction of sp³-hybridized carbons (Fsp3) is 0.333. The van der Waals surface area contributed by atoms with E-state index in [2.05, 4.69) is 10.6 Å². The molecule has 0 aliphatic heterocycles. The SMILES string of the molecule is CCCOc1ccc(C(F)(F)F)cc1NC(=O)c1cccc(NC(=O)C2CC2)c1. The molecule has 2 aromatic rings. The van der Waals surface area contributed by atoms with E-state index in [0.717, 1.165) is 25.0 Å². The number of carbonyl (C=O) groups excluding carboxylic acids is 2. The van der Waals surface area contributed by atoms with Crippen LogP contribution in [-0.2, 0) is 11.0 Å². The molecular weight excluding hydrogens is 385 g/mol. The first-order chi connectivity index (χ1) is 13.8. The largest absolute Gasteiger partial charge is 0.491 e. The van der Waals surface area contributed by atoms with Crippen LogP contribution < -0.4 is 15.4 Å². The van der Waals surface area contributed by atoms with Gasteiger partial charge in [-0.15, -0.1) is 0 Å². The molecule has 1 aliphatic carbocycles. The van der Waals surface area contributed by atoms with Crippen molar-refractivity contribution in [1.29, 1.82) is 0 Å². The molecule has 0 saturated heterocycles. The lowest BCUT2D eigenvalue weighted by molar-refractivity contribution is -0.137. The Morgan fingerprint density at radius 1 is 1.10 bits per heavy atom. The number of benzene rings is 2. The highest BCUT2D eigenvalue weighted by molar-refractivity contribution is 6.06. The van der Waals surface area contributed by atoms with Gasteiger partial charge in [-0.25, -0.2) is 0 Å². The van der Waals surface area contributed by atoms with Gasteiger partial charge in [-0.1, -0.05) is 13.0 Å². The Hall–Kier alpha value is -3.03. The van der Waals surface area contributed by atoms with Gasteiger partial charge in [0.1, 0.15) is 5.75 Å². The number of hydrogen-bond acceptors (Lipinski definition) is 3. The van der Waals surface area contributed by atoms with Crippen LogP contribution in [0.1, 0.15) is 42.1 Å². The molecule has 0 unspecified atom stereocenters. The van der Waals surface area contributed by atoms with Crippen molar-refractivity contribution in [2.45, 2.75) is 32.4 Å². The summed E-state index contributed by atoms with van der Waals surface area (Å²) in [7, 11) is 0. The minimum Gasteiger partial charge on any atom is -0.491 e. The molecule has 0 heterocycles. The second-order valence-corrected chi connectivity index (χ2v) is 6.86. The van der Waals surface area contributed by atoms with Gasteiger partial charge in [0.2, 0.25) is 5.91 Å². The minimum absolute atomic E-state index is 0.0101. The summed E-state index contributed by atoms with van der Waals surface area (Å²) in [5, 5.41) is 5.23. The standard InChI is InChI=1S/C21H21F3N2O3/c1-2-10-29-18-9-8-15(21(22,23)24)12-17(18)26-20(28)14-4-3-5-16(11-14)25-19(27)13-6-7-13/h3-5,8-9,11-13H,2,6-7,10H2,1H3,(H,25,27)(H,26,28). The third-order valence-electron chi connectivity index (χ3n) is 4.36. The molecule has 5 nitrogen and oxygen atoms in total. The molecule has 2 N–H and O–H groups in total. The number of carbonyl (C=O) groups is 2. The van der Waals surface area contributed by atoms with Crippen molar-refractivity contribution in [3.05, 3.63) is 53.6 Å². The van der Waals surface area contributed by atoms with Gasteiger partial charge in [-0.2, -0.15) is 13.2 Å². The van der Waals surface area contributed by atoms with E-state index in [1.165, 1.54) is 18.2 Å². The summed E-state index contributed by atoms with van der Waals surface area (Å²) in [6.45, 7) is 2.17. The highest BCUT2D eigenvalue weighted by Crippen LogP contribution is 2.35. The van der Waals surface area contributed by atoms with Crippen LogP contribution in [0.2, 0.25) is 0 Å². The highest BCUT2D eigenvalue weighted by Gasteiger charge is 2.32. The Morgan fingerprint density at radius 2 is 1.86 bits per heavy atom. The van der Waals surface area contributed by atoms with Crippen molar-refractivity contribution in [3.8, 4) is 5.75 Å². The van der Waals surface area contributed by atoms with Crippen LogP contribution in [0.3, 0.4) is 0 Å². The topological polar surface area (TPSA) is 67.4 Å². The van der Waals surface area contributed by atoms with Gasteiger partial charge in [-0.3, -0.25) is 9.59 Å². The first-order valence-electron chi connectivity index (χ1n) is 9.34. The van der Waals surface area contributed by atoms with Crippen LogP contribution in [0.25, 0.3) is 0 Å². The average Bonchev–Trinajstić information content (AvgIpc) is 3.51. The third-order valence-corrected chi connectivity index (χ3v) is 4.36. The molecule has 2 aromatic carbocycles. The summed E-state index contributed by atoms with van der Waals surface area (Å²) in [4.78, 5) is 24.5. The quantitative estimate of drug-likeness (QED) is 0.673. The second-order valence-electron chi connectivity index (χ2n) is 6.86. The maximum Gasteiger partial charge on any atom is 0.416 e. The van der Waals surface area contributed by atoms with Gasteiger partial charge in [0.05, 0.1) is 17.9 Å². The number of hydrogen-bond donors (Lipinski definition) is 2. The lowest BCUT2D eigenvalue weighted by atomic mass is 10.1. The van der Waals surface area contributed by atoms with E-state index in [9.17, 15) is 22.8 Å². The summed E-state index contributed by atoms with van der Waals surface area (Å²) >= 11 is 0. The van der Waals surface area contributed by atoms with Crippen molar-refractivity contribution in [1.82, 2.24) is 0 Å². The van der Waals surface area contributed by atoms with E-state index >= 15 is 0 Å². The van der Waals surface area contributed by atoms with Gasteiger partial charge in [0.25, 0.3) is 5.91 Å². The number of nitrogens with one attached hydrogen (secondary N) is 2. The van der Waals surface area contributed by atoms with Crippen LogP contribution in [-0.4, -0.2) is 18.4 Å². The van der Waals surface area contributed by atoms with Crippen molar-refractivity contribution in [3.63, 3.8) is 0 Å². The number of halogens is 3. The molecule has 1 saturated carbocycles. The maximum atomic E-state index is 13.1. The van der Waals surface area contributed by atoms with Crippen LogP contribution in [0, 0.1) is 5.92 Å². The average molecular weight is 406 g/mol. The smallest absolute Gasteiger partial charge is 0.416 e. The zero-order valence-electron chi connectivity index (χ0n) is 15.8. The van der Waals surface area contributed by atoms with E-state index in [4.69, 9.17) is 4.74 Å². The number of amides is 2. The van der Waals surface area contributed by atoms with Gasteiger partial charge >= 0.3 is 6.18 Å². The first kappa shape index (κ1) is 20.7. The predicted molar refractivity (Wildman–Crippen MR) is 103 cm³/mol. The molecule has 0 aromatic heterocycles. The molecule has 0 radical (unpaired) electrons. The molecular formula is C21H21F3N2O3. The summed E-state index contributed by atoms with van der Waals surface area (Å²) < 4.78 is 44.7. The van der Waals surface area contributed by atoms with E-state index < -0.39 is 17.6 Å². The van der Waals surface area contributed by atoms with Crippen molar-refractivity contribution < 1.29 is 27.5 Å². The Bertz CT molecular complexity index is 908. The van der Waals surface area contributed by atoms with Crippen LogP contribution >= 0.6 is 0 Å². The first-order valence-corrected chi connectivity index (χ1v) is 9.34. The minimum atomic E-state index is -4.55. The lowest BCUT2D eigenvalue weighted by Crippen LogP contribution is -2.16. The lowest BCUT2D eigenvalue weighted by Gasteiger charge is -2.15. The zero-order valence-corrected chi connectivity index (χ0v) is 15.8.